The highest BCUT2D eigenvalue weighted by molar-refractivity contribution is 6.10. The van der Waals surface area contributed by atoms with Crippen LogP contribution in [-0.4, -0.2) is 41.3 Å². The van der Waals surface area contributed by atoms with Crippen LogP contribution >= 0.6 is 0 Å². The fraction of sp³-hybridized carbons (Fsp3) is 0.333. The Morgan fingerprint density at radius 3 is 2.78 bits per heavy atom. The molecule has 164 valence electrons. The molecule has 3 aromatic heterocycles. The van der Waals surface area contributed by atoms with Crippen molar-refractivity contribution in [1.29, 1.82) is 0 Å². The number of pyridine rings is 2. The van der Waals surface area contributed by atoms with E-state index in [1.807, 2.05) is 12.4 Å². The van der Waals surface area contributed by atoms with Crippen LogP contribution in [0.3, 0.4) is 0 Å². The highest BCUT2D eigenvalue weighted by atomic mass is 16.5. The van der Waals surface area contributed by atoms with Crippen LogP contribution in [0.1, 0.15) is 38.2 Å². The zero-order chi connectivity index (χ0) is 21.8. The Hall–Kier alpha value is -3.18. The number of nitrogens with one attached hydrogen (secondary N) is 1. The Morgan fingerprint density at radius 2 is 1.97 bits per heavy atom. The van der Waals surface area contributed by atoms with E-state index in [1.54, 1.807) is 0 Å². The molecule has 0 atom stereocenters. The summed E-state index contributed by atoms with van der Waals surface area (Å²) in [6.45, 7) is 5.64. The standard InChI is InChI=1S/C27H30N4O/c1-2-3-4-5-6-7-20-12-13-28-27-26(20)23-18-21(8-10-25(23)30-27)24-11-9-22(19-29-24)31-14-16-32-17-15-31/h6-13,18-19H,2-5,14-17H2,1H3,(H,28,30)/b7-6+. The molecule has 5 nitrogen and oxygen atoms in total. The molecule has 1 N–H and O–H groups in total. The van der Waals surface area contributed by atoms with Crippen molar-refractivity contribution in [3.8, 4) is 11.3 Å². The maximum atomic E-state index is 5.46. The van der Waals surface area contributed by atoms with Crippen molar-refractivity contribution in [3.05, 3.63) is 60.4 Å². The van der Waals surface area contributed by atoms with Crippen LogP contribution in [0.2, 0.25) is 0 Å². The molecule has 1 fully saturated rings. The Kier molecular flexibility index (Phi) is 6.17. The largest absolute Gasteiger partial charge is 0.378 e. The van der Waals surface area contributed by atoms with E-state index in [0.717, 1.165) is 60.8 Å². The minimum atomic E-state index is 0.780. The van der Waals surface area contributed by atoms with Crippen molar-refractivity contribution in [2.45, 2.75) is 32.6 Å². The lowest BCUT2D eigenvalue weighted by molar-refractivity contribution is 0.122. The SMILES string of the molecule is CCCCC/C=C/c1ccnc2[nH]c3ccc(-c4ccc(N5CCOCC5)cn4)cc3c12. The number of benzene rings is 1. The second-order valence-electron chi connectivity index (χ2n) is 8.41. The van der Waals surface area contributed by atoms with Crippen LogP contribution in [0.4, 0.5) is 5.69 Å². The molecule has 5 rings (SSSR count). The number of hydrogen-bond acceptors (Lipinski definition) is 4. The number of hydrogen-bond donors (Lipinski definition) is 1. The van der Waals surface area contributed by atoms with E-state index in [-0.39, 0.29) is 0 Å². The van der Waals surface area contributed by atoms with Gasteiger partial charge in [-0.1, -0.05) is 38.0 Å². The molecular formula is C27H30N4O. The Labute approximate surface area is 189 Å². The molecule has 4 heterocycles. The molecule has 0 saturated carbocycles. The summed E-state index contributed by atoms with van der Waals surface area (Å²) in [6.07, 6.45) is 13.3. The summed E-state index contributed by atoms with van der Waals surface area (Å²) in [5, 5.41) is 2.37. The fourth-order valence-corrected chi connectivity index (χ4v) is 4.43. The summed E-state index contributed by atoms with van der Waals surface area (Å²) in [5.74, 6) is 0. The van der Waals surface area contributed by atoms with E-state index in [2.05, 4.69) is 70.3 Å². The summed E-state index contributed by atoms with van der Waals surface area (Å²) in [4.78, 5) is 15.2. The van der Waals surface area contributed by atoms with Gasteiger partial charge in [-0.15, -0.1) is 0 Å². The van der Waals surface area contributed by atoms with Crippen LogP contribution in [0.25, 0.3) is 39.3 Å². The summed E-state index contributed by atoms with van der Waals surface area (Å²) >= 11 is 0. The predicted octanol–water partition coefficient (Wildman–Crippen LogP) is 6.21. The molecule has 0 radical (unpaired) electrons. The average molecular weight is 427 g/mol. The molecule has 0 amide bonds. The van der Waals surface area contributed by atoms with Gasteiger partial charge in [0.1, 0.15) is 5.65 Å². The summed E-state index contributed by atoms with van der Waals surface area (Å²) < 4.78 is 5.46. The number of H-pyrrole nitrogens is 1. The van der Waals surface area contributed by atoms with Gasteiger partial charge >= 0.3 is 0 Å². The van der Waals surface area contributed by atoms with Crippen molar-refractivity contribution in [2.24, 2.45) is 0 Å². The third-order valence-electron chi connectivity index (χ3n) is 6.22. The van der Waals surface area contributed by atoms with Crippen molar-refractivity contribution in [1.82, 2.24) is 15.0 Å². The molecule has 5 heteroatoms. The second kappa shape index (κ2) is 9.53. The number of ether oxygens (including phenoxy) is 1. The van der Waals surface area contributed by atoms with Gasteiger partial charge in [-0.25, -0.2) is 4.98 Å². The van der Waals surface area contributed by atoms with E-state index < -0.39 is 0 Å². The summed E-state index contributed by atoms with van der Waals surface area (Å²) in [7, 11) is 0. The van der Waals surface area contributed by atoms with Crippen LogP contribution in [-0.2, 0) is 4.74 Å². The Bertz CT molecular complexity index is 1220. The molecule has 1 aromatic carbocycles. The number of aromatic amines is 1. The number of unbranched alkanes of at least 4 members (excludes halogenated alkanes) is 3. The number of fused-ring (bicyclic) bond motifs is 3. The van der Waals surface area contributed by atoms with Crippen molar-refractivity contribution in [3.63, 3.8) is 0 Å². The zero-order valence-electron chi connectivity index (χ0n) is 18.7. The molecule has 1 saturated heterocycles. The number of morpholine rings is 1. The molecule has 32 heavy (non-hydrogen) atoms. The normalized spacial score (nSPS) is 14.7. The van der Waals surface area contributed by atoms with Gasteiger partial charge in [-0.3, -0.25) is 4.98 Å². The average Bonchev–Trinajstić information content (AvgIpc) is 3.23. The lowest BCUT2D eigenvalue weighted by Crippen LogP contribution is -2.36. The molecule has 1 aliphatic heterocycles. The molecule has 1 aliphatic rings. The summed E-state index contributed by atoms with van der Waals surface area (Å²) in [5.41, 5.74) is 6.51. The van der Waals surface area contributed by atoms with Gasteiger partial charge in [0, 0.05) is 41.1 Å². The maximum absolute atomic E-state index is 5.46. The lowest BCUT2D eigenvalue weighted by Gasteiger charge is -2.28. The van der Waals surface area contributed by atoms with Crippen LogP contribution < -0.4 is 4.90 Å². The van der Waals surface area contributed by atoms with Gasteiger partial charge in [0.05, 0.1) is 30.8 Å². The molecule has 0 spiro atoms. The van der Waals surface area contributed by atoms with E-state index in [9.17, 15) is 0 Å². The number of anilines is 1. The van der Waals surface area contributed by atoms with Gasteiger partial charge in [-0.05, 0) is 48.7 Å². The number of nitrogens with zero attached hydrogens (tertiary/aromatic N) is 3. The van der Waals surface area contributed by atoms with Crippen LogP contribution in [0, 0.1) is 0 Å². The fourth-order valence-electron chi connectivity index (χ4n) is 4.43. The quantitative estimate of drug-likeness (QED) is 0.357. The first-order valence-electron chi connectivity index (χ1n) is 11.7. The van der Waals surface area contributed by atoms with E-state index >= 15 is 0 Å². The Morgan fingerprint density at radius 1 is 1.06 bits per heavy atom. The van der Waals surface area contributed by atoms with E-state index in [1.165, 1.54) is 35.6 Å². The molecule has 4 aromatic rings. The molecule has 0 aliphatic carbocycles. The van der Waals surface area contributed by atoms with Gasteiger partial charge in [0.15, 0.2) is 0 Å². The Balaban J connectivity index is 1.46. The first kappa shape index (κ1) is 20.7. The van der Waals surface area contributed by atoms with Gasteiger partial charge in [-0.2, -0.15) is 0 Å². The number of rotatable bonds is 7. The van der Waals surface area contributed by atoms with Crippen molar-refractivity contribution >= 4 is 33.7 Å². The zero-order valence-corrected chi connectivity index (χ0v) is 18.7. The van der Waals surface area contributed by atoms with Crippen LogP contribution in [0.5, 0.6) is 0 Å². The second-order valence-corrected chi connectivity index (χ2v) is 8.41. The monoisotopic (exact) mass is 426 g/mol. The lowest BCUT2D eigenvalue weighted by atomic mass is 10.0. The van der Waals surface area contributed by atoms with E-state index in [4.69, 9.17) is 9.72 Å². The smallest absolute Gasteiger partial charge is 0.138 e. The molecular weight excluding hydrogens is 396 g/mol. The molecule has 0 unspecified atom stereocenters. The van der Waals surface area contributed by atoms with Crippen molar-refractivity contribution in [2.75, 3.05) is 31.2 Å². The van der Waals surface area contributed by atoms with Gasteiger partial charge < -0.3 is 14.6 Å². The highest BCUT2D eigenvalue weighted by Crippen LogP contribution is 2.32. The first-order chi connectivity index (χ1) is 15.8. The minimum absolute atomic E-state index is 0.780. The van der Waals surface area contributed by atoms with E-state index in [0.29, 0.717) is 0 Å². The number of allylic oxidation sites excluding steroid dienone is 1. The van der Waals surface area contributed by atoms with Gasteiger partial charge in [0.25, 0.3) is 0 Å². The summed E-state index contributed by atoms with van der Waals surface area (Å²) in [6, 6.07) is 12.9. The topological polar surface area (TPSA) is 54.0 Å². The minimum Gasteiger partial charge on any atom is -0.378 e. The van der Waals surface area contributed by atoms with Gasteiger partial charge in [0.2, 0.25) is 0 Å². The van der Waals surface area contributed by atoms with Crippen LogP contribution in [0.15, 0.2) is 54.9 Å². The third kappa shape index (κ3) is 4.26. The maximum Gasteiger partial charge on any atom is 0.138 e. The third-order valence-corrected chi connectivity index (χ3v) is 6.22. The highest BCUT2D eigenvalue weighted by Gasteiger charge is 2.13. The van der Waals surface area contributed by atoms with Crippen molar-refractivity contribution < 1.29 is 4.74 Å². The number of aromatic nitrogens is 3. The first-order valence-corrected chi connectivity index (χ1v) is 11.7. The predicted molar refractivity (Wildman–Crippen MR) is 133 cm³/mol. The molecule has 0 bridgehead atoms.